The Hall–Kier alpha value is -1.97. The largest absolute Gasteiger partial charge is 0.475 e. The van der Waals surface area contributed by atoms with Crippen LogP contribution in [-0.4, -0.2) is 22.5 Å². The lowest BCUT2D eigenvalue weighted by Gasteiger charge is -2.20. The molecule has 0 aliphatic carbocycles. The van der Waals surface area contributed by atoms with Gasteiger partial charge in [-0.05, 0) is 89.7 Å². The maximum Gasteiger partial charge on any atom is 0.213 e. The van der Waals surface area contributed by atoms with Crippen molar-refractivity contribution in [3.8, 4) is 5.88 Å². The van der Waals surface area contributed by atoms with E-state index >= 15 is 0 Å². The molecule has 1 heterocycles. The molecule has 1 rings (SSSR count). The molecule has 0 saturated carbocycles. The minimum absolute atomic E-state index is 0.0620. The molecule has 210 valence electrons. The molecule has 1 unspecified atom stereocenters. The predicted molar refractivity (Wildman–Crippen MR) is 158 cm³/mol. The van der Waals surface area contributed by atoms with Crippen LogP contribution >= 0.6 is 0 Å². The van der Waals surface area contributed by atoms with E-state index in [0.717, 1.165) is 30.3 Å². The molecule has 0 bridgehead atoms. The summed E-state index contributed by atoms with van der Waals surface area (Å²) in [5, 5.41) is 0. The highest BCUT2D eigenvalue weighted by atomic mass is 19.1. The van der Waals surface area contributed by atoms with Crippen LogP contribution in [0.5, 0.6) is 5.88 Å². The first kappa shape index (κ1) is 38.6. The SMILES string of the molecule is C=CC(C)(C)C/C=C(\C)C(C)(C)F.CC(C)=O.CCC(C)C(C)C.CCc1ccc(OC(C)C)nc1. The van der Waals surface area contributed by atoms with Crippen LogP contribution in [0.3, 0.4) is 0 Å². The fourth-order valence-electron chi connectivity index (χ4n) is 2.14. The first-order chi connectivity index (χ1) is 16.3. The van der Waals surface area contributed by atoms with Crippen LogP contribution in [0.15, 0.2) is 42.6 Å². The van der Waals surface area contributed by atoms with Crippen molar-refractivity contribution < 1.29 is 13.9 Å². The van der Waals surface area contributed by atoms with Gasteiger partial charge in [0.05, 0.1) is 6.10 Å². The zero-order valence-electron chi connectivity index (χ0n) is 26.1. The highest BCUT2D eigenvalue weighted by Gasteiger charge is 2.19. The van der Waals surface area contributed by atoms with Gasteiger partial charge in [-0.3, -0.25) is 0 Å². The van der Waals surface area contributed by atoms with Gasteiger partial charge in [0.15, 0.2) is 0 Å². The van der Waals surface area contributed by atoms with Gasteiger partial charge in [-0.15, -0.1) is 6.58 Å². The van der Waals surface area contributed by atoms with Crippen LogP contribution in [0.2, 0.25) is 0 Å². The normalized spacial score (nSPS) is 12.3. The molecular weight excluding hydrogens is 449 g/mol. The van der Waals surface area contributed by atoms with E-state index in [0.29, 0.717) is 5.88 Å². The van der Waals surface area contributed by atoms with Crippen LogP contribution in [0, 0.1) is 17.3 Å². The van der Waals surface area contributed by atoms with E-state index in [1.54, 1.807) is 13.8 Å². The number of ether oxygens (including phenoxy) is 1. The van der Waals surface area contributed by atoms with Gasteiger partial charge in [0.1, 0.15) is 11.5 Å². The van der Waals surface area contributed by atoms with Gasteiger partial charge in [0.25, 0.3) is 0 Å². The van der Waals surface area contributed by atoms with E-state index in [-0.39, 0.29) is 17.3 Å². The summed E-state index contributed by atoms with van der Waals surface area (Å²) in [6, 6.07) is 3.96. The third-order valence-corrected chi connectivity index (χ3v) is 5.77. The topological polar surface area (TPSA) is 39.2 Å². The number of nitrogens with zero attached hydrogens (tertiary/aromatic N) is 1. The maximum absolute atomic E-state index is 13.4. The third-order valence-electron chi connectivity index (χ3n) is 5.77. The smallest absolute Gasteiger partial charge is 0.213 e. The number of aryl methyl sites for hydroxylation is 1. The number of allylic oxidation sites excluding steroid dienone is 3. The number of hydrogen-bond acceptors (Lipinski definition) is 3. The van der Waals surface area contributed by atoms with E-state index < -0.39 is 5.67 Å². The van der Waals surface area contributed by atoms with E-state index in [9.17, 15) is 9.18 Å². The van der Waals surface area contributed by atoms with E-state index in [1.165, 1.54) is 25.8 Å². The van der Waals surface area contributed by atoms with Crippen LogP contribution in [0.4, 0.5) is 4.39 Å². The molecule has 0 radical (unpaired) electrons. The lowest BCUT2D eigenvalue weighted by Crippen LogP contribution is -2.14. The second-order valence-electron chi connectivity index (χ2n) is 11.3. The number of halogens is 1. The van der Waals surface area contributed by atoms with Crippen LogP contribution < -0.4 is 4.74 Å². The molecule has 0 fully saturated rings. The molecule has 0 saturated heterocycles. The summed E-state index contributed by atoms with van der Waals surface area (Å²) in [6.07, 6.45) is 9.11. The molecule has 0 spiro atoms. The zero-order valence-corrected chi connectivity index (χ0v) is 26.1. The Morgan fingerprint density at radius 3 is 1.81 bits per heavy atom. The molecule has 36 heavy (non-hydrogen) atoms. The van der Waals surface area contributed by atoms with Crippen LogP contribution in [0.1, 0.15) is 115 Å². The minimum Gasteiger partial charge on any atom is -0.475 e. The Labute approximate surface area is 224 Å². The number of aromatic nitrogens is 1. The molecule has 1 aromatic heterocycles. The molecule has 0 N–H and O–H groups in total. The standard InChI is InChI=1S/C12H21F.C10H15NO.C7H16.C3H6O/c1-7-11(3,4)9-8-10(2)12(5,6)13;1-4-9-5-6-10(11-7-9)12-8(2)3;1-5-7(4)6(2)3;1-3(2)4/h7-8H,1,9H2,2-6H3;5-8H,4H2,1-3H3;6-7H,5H2,1-4H3;1-2H3/b10-8+;;;. The number of Topliss-reactive ketones (excluding diaryl/α,β-unsaturated/α-hetero) is 1. The number of ketones is 1. The van der Waals surface area contributed by atoms with Gasteiger partial charge in [0.2, 0.25) is 5.88 Å². The van der Waals surface area contributed by atoms with Crippen molar-refractivity contribution >= 4 is 5.78 Å². The average Bonchev–Trinajstić information content (AvgIpc) is 2.76. The predicted octanol–water partition coefficient (Wildman–Crippen LogP) is 10.00. The Kier molecular flexibility index (Phi) is 21.6. The van der Waals surface area contributed by atoms with Crippen LogP contribution in [0.25, 0.3) is 0 Å². The Morgan fingerprint density at radius 2 is 1.56 bits per heavy atom. The van der Waals surface area contributed by atoms with Crippen LogP contribution in [-0.2, 0) is 11.2 Å². The van der Waals surface area contributed by atoms with Gasteiger partial charge >= 0.3 is 0 Å². The molecule has 4 heteroatoms. The van der Waals surface area contributed by atoms with Crippen molar-refractivity contribution in [3.63, 3.8) is 0 Å². The number of carbonyl (C=O) groups is 1. The Balaban J connectivity index is -0.000000436. The van der Waals surface area contributed by atoms with Crippen molar-refractivity contribution in [2.75, 3.05) is 0 Å². The van der Waals surface area contributed by atoms with Crippen molar-refractivity contribution in [2.24, 2.45) is 17.3 Å². The number of alkyl halides is 1. The van der Waals surface area contributed by atoms with E-state index in [1.807, 2.05) is 51.3 Å². The lowest BCUT2D eigenvalue weighted by atomic mass is 9.87. The van der Waals surface area contributed by atoms with Crippen molar-refractivity contribution in [1.29, 1.82) is 0 Å². The molecule has 0 aromatic carbocycles. The molecule has 0 aliphatic rings. The first-order valence-electron chi connectivity index (χ1n) is 13.4. The van der Waals surface area contributed by atoms with Gasteiger partial charge in [-0.25, -0.2) is 9.37 Å². The lowest BCUT2D eigenvalue weighted by molar-refractivity contribution is -0.115. The second-order valence-corrected chi connectivity index (χ2v) is 11.3. The average molecular weight is 508 g/mol. The quantitative estimate of drug-likeness (QED) is 0.312. The molecule has 1 atom stereocenters. The number of pyridine rings is 1. The maximum atomic E-state index is 13.4. The number of rotatable bonds is 9. The fraction of sp³-hybridized carbons (Fsp3) is 0.688. The summed E-state index contributed by atoms with van der Waals surface area (Å²) in [6.45, 7) is 31.2. The molecule has 1 aromatic rings. The summed E-state index contributed by atoms with van der Waals surface area (Å²) in [4.78, 5) is 13.6. The van der Waals surface area contributed by atoms with Crippen molar-refractivity contribution in [1.82, 2.24) is 4.98 Å². The van der Waals surface area contributed by atoms with Gasteiger partial charge in [0, 0.05) is 12.3 Å². The van der Waals surface area contributed by atoms with E-state index in [2.05, 4.69) is 60.0 Å². The molecule has 0 amide bonds. The first-order valence-corrected chi connectivity index (χ1v) is 13.4. The monoisotopic (exact) mass is 507 g/mol. The summed E-state index contributed by atoms with van der Waals surface area (Å²) >= 11 is 0. The minimum atomic E-state index is -1.20. The molecule has 0 aliphatic heterocycles. The molecule has 3 nitrogen and oxygen atoms in total. The van der Waals surface area contributed by atoms with Gasteiger partial charge in [-0.2, -0.15) is 0 Å². The summed E-state index contributed by atoms with van der Waals surface area (Å²) in [7, 11) is 0. The Morgan fingerprint density at radius 1 is 1.06 bits per heavy atom. The third kappa shape index (κ3) is 25.1. The zero-order chi connectivity index (χ0) is 29.1. The highest BCUT2D eigenvalue weighted by molar-refractivity contribution is 5.72. The molecular formula is C32H58FNO2. The summed E-state index contributed by atoms with van der Waals surface area (Å²) in [5.41, 5.74) is 0.901. The number of hydrogen-bond donors (Lipinski definition) is 0. The van der Waals surface area contributed by atoms with Gasteiger partial charge in [-0.1, -0.05) is 73.1 Å². The van der Waals surface area contributed by atoms with Crippen molar-refractivity contribution in [2.45, 2.75) is 128 Å². The van der Waals surface area contributed by atoms with Gasteiger partial charge < -0.3 is 9.53 Å². The summed E-state index contributed by atoms with van der Waals surface area (Å²) in [5.74, 6) is 2.65. The number of carbonyl (C=O) groups excluding carboxylic acids is 1. The fourth-order valence-corrected chi connectivity index (χ4v) is 2.14. The Bertz CT molecular complexity index is 722. The highest BCUT2D eigenvalue weighted by Crippen LogP contribution is 2.26. The van der Waals surface area contributed by atoms with Crippen molar-refractivity contribution in [3.05, 3.63) is 48.2 Å². The summed E-state index contributed by atoms with van der Waals surface area (Å²) < 4.78 is 18.8. The second kappa shape index (κ2) is 20.1. The van der Waals surface area contributed by atoms with E-state index in [4.69, 9.17) is 4.74 Å².